The molecule has 0 amide bonds. The molecule has 0 aliphatic carbocycles. The van der Waals surface area contributed by atoms with Crippen molar-refractivity contribution in [1.29, 1.82) is 0 Å². The molecule has 0 saturated carbocycles. The first kappa shape index (κ1) is 17.1. The molecule has 0 saturated heterocycles. The molecule has 0 aliphatic rings. The van der Waals surface area contributed by atoms with Crippen molar-refractivity contribution in [2.24, 2.45) is 5.92 Å². The minimum Gasteiger partial charge on any atom is -0.550 e. The van der Waals surface area contributed by atoms with E-state index in [9.17, 15) is 29.3 Å². The third kappa shape index (κ3) is 5.16. The van der Waals surface area contributed by atoms with E-state index >= 15 is 0 Å². The quantitative estimate of drug-likeness (QED) is 0.458. The van der Waals surface area contributed by atoms with Gasteiger partial charge >= 0.3 is 0 Å². The molecule has 0 rings (SSSR count). The standard InChI is InChI=1S/C10H20NO6P/c1-7(2)10(11,9(14)15)4-6-18(16,17)5-3-8(12)13/h7H,3-6,11H2,1-2H3,(H,12,13)(H,14,15)(H,16,17)/p-1/t10-/m0/s1. The summed E-state index contributed by atoms with van der Waals surface area (Å²) in [6.07, 6.45) is -1.37. The van der Waals surface area contributed by atoms with E-state index in [0.29, 0.717) is 0 Å². The number of carbonyl (C=O) groups excluding carboxylic acids is 2. The Morgan fingerprint density at radius 3 is 2.17 bits per heavy atom. The summed E-state index contributed by atoms with van der Waals surface area (Å²) in [5, 5.41) is 21.2. The number of hydrogen-bond acceptors (Lipinski definition) is 5. The lowest BCUT2D eigenvalue weighted by atomic mass is 9.85. The second kappa shape index (κ2) is 6.31. The van der Waals surface area contributed by atoms with Crippen LogP contribution in [0, 0.1) is 5.92 Å². The second-order valence-electron chi connectivity index (χ2n) is 4.76. The molecular formula is C10H19NO6P-. The van der Waals surface area contributed by atoms with Gasteiger partial charge in [-0.1, -0.05) is 13.8 Å². The lowest BCUT2D eigenvalue weighted by Gasteiger charge is -2.31. The van der Waals surface area contributed by atoms with Gasteiger partial charge in [-0.2, -0.15) is 0 Å². The fourth-order valence-corrected chi connectivity index (χ4v) is 2.88. The first-order valence-electron chi connectivity index (χ1n) is 5.59. The third-order valence-corrected chi connectivity index (χ3v) is 4.93. The maximum atomic E-state index is 11.6. The van der Waals surface area contributed by atoms with E-state index < -0.39 is 37.4 Å². The van der Waals surface area contributed by atoms with Crippen LogP contribution >= 0.6 is 7.37 Å². The SMILES string of the molecule is CC(C)[C@@]([NH3+])(CCP(=O)(O)CCC(=O)[O-])C(=O)[O-]. The fraction of sp³-hybridized carbons (Fsp3) is 0.800. The zero-order valence-corrected chi connectivity index (χ0v) is 11.4. The predicted octanol–water partition coefficient (Wildman–Crippen LogP) is -2.83. The number of hydrogen-bond donors (Lipinski definition) is 2. The zero-order chi connectivity index (χ0) is 14.6. The molecule has 0 heterocycles. The van der Waals surface area contributed by atoms with Gasteiger partial charge in [-0.15, -0.1) is 0 Å². The van der Waals surface area contributed by atoms with Crippen LogP contribution in [0.3, 0.4) is 0 Å². The summed E-state index contributed by atoms with van der Waals surface area (Å²) in [5.74, 6) is -3.14. The molecule has 2 atom stereocenters. The van der Waals surface area contributed by atoms with Crippen LogP contribution in [0.5, 0.6) is 0 Å². The number of carboxylic acid groups (broad SMARTS) is 2. The molecule has 4 N–H and O–H groups in total. The van der Waals surface area contributed by atoms with E-state index in [2.05, 4.69) is 5.73 Å². The molecule has 106 valence electrons. The number of carbonyl (C=O) groups is 2. The smallest absolute Gasteiger partial charge is 0.201 e. The van der Waals surface area contributed by atoms with Crippen molar-refractivity contribution in [2.45, 2.75) is 32.2 Å². The highest BCUT2D eigenvalue weighted by molar-refractivity contribution is 7.58. The van der Waals surface area contributed by atoms with E-state index in [-0.39, 0.29) is 18.5 Å². The molecule has 0 bridgehead atoms. The van der Waals surface area contributed by atoms with Crippen molar-refractivity contribution < 1.29 is 35.0 Å². The highest BCUT2D eigenvalue weighted by Crippen LogP contribution is 2.43. The van der Waals surface area contributed by atoms with Gasteiger partial charge in [-0.05, 0) is 6.42 Å². The third-order valence-electron chi connectivity index (χ3n) is 3.08. The van der Waals surface area contributed by atoms with Gasteiger partial charge in [0.05, 0.1) is 0 Å². The molecule has 0 aromatic rings. The van der Waals surface area contributed by atoms with Crippen LogP contribution in [-0.2, 0) is 14.2 Å². The largest absolute Gasteiger partial charge is 0.550 e. The predicted molar refractivity (Wildman–Crippen MR) is 59.3 cm³/mol. The maximum absolute atomic E-state index is 11.6. The van der Waals surface area contributed by atoms with Crippen LogP contribution in [0.25, 0.3) is 0 Å². The van der Waals surface area contributed by atoms with E-state index in [1.807, 2.05) is 0 Å². The second-order valence-corrected chi connectivity index (χ2v) is 7.35. The fourth-order valence-electron chi connectivity index (χ4n) is 1.38. The van der Waals surface area contributed by atoms with Gasteiger partial charge < -0.3 is 30.4 Å². The van der Waals surface area contributed by atoms with Crippen molar-refractivity contribution >= 4 is 19.3 Å². The van der Waals surface area contributed by atoms with Crippen LogP contribution < -0.4 is 15.9 Å². The average molecular weight is 280 g/mol. The number of quaternary nitrogens is 1. The van der Waals surface area contributed by atoms with Crippen LogP contribution in [0.4, 0.5) is 0 Å². The Labute approximate surface area is 105 Å². The first-order valence-corrected chi connectivity index (χ1v) is 7.62. The normalized spacial score (nSPS) is 18.1. The van der Waals surface area contributed by atoms with Crippen LogP contribution in [0.2, 0.25) is 0 Å². The van der Waals surface area contributed by atoms with E-state index in [4.69, 9.17) is 0 Å². The minimum absolute atomic E-state index is 0.131. The van der Waals surface area contributed by atoms with Gasteiger partial charge in [0.25, 0.3) is 0 Å². The van der Waals surface area contributed by atoms with Gasteiger partial charge in [-0.25, -0.2) is 0 Å². The van der Waals surface area contributed by atoms with E-state index in [0.717, 1.165) is 0 Å². The molecule has 1 unspecified atom stereocenters. The lowest BCUT2D eigenvalue weighted by molar-refractivity contribution is -0.497. The van der Waals surface area contributed by atoms with Crippen LogP contribution in [0.15, 0.2) is 0 Å². The van der Waals surface area contributed by atoms with E-state index in [1.165, 1.54) is 0 Å². The summed E-state index contributed by atoms with van der Waals surface area (Å²) < 4.78 is 11.6. The molecule has 0 aromatic carbocycles. The summed E-state index contributed by atoms with van der Waals surface area (Å²) in [7, 11) is -3.67. The van der Waals surface area contributed by atoms with Gasteiger partial charge in [0.15, 0.2) is 0 Å². The van der Waals surface area contributed by atoms with Gasteiger partial charge in [0.1, 0.15) is 11.5 Å². The number of carboxylic acids is 2. The van der Waals surface area contributed by atoms with Crippen molar-refractivity contribution in [3.63, 3.8) is 0 Å². The molecule has 0 radical (unpaired) electrons. The summed E-state index contributed by atoms with van der Waals surface area (Å²) in [6.45, 7) is 3.26. The molecule has 18 heavy (non-hydrogen) atoms. The summed E-state index contributed by atoms with van der Waals surface area (Å²) in [5.41, 5.74) is 2.10. The lowest BCUT2D eigenvalue weighted by Crippen LogP contribution is -2.82. The van der Waals surface area contributed by atoms with Gasteiger partial charge in [-0.3, -0.25) is 4.57 Å². The molecule has 0 spiro atoms. The maximum Gasteiger partial charge on any atom is 0.201 e. The Hall–Kier alpha value is -0.910. The van der Waals surface area contributed by atoms with Crippen molar-refractivity contribution in [3.05, 3.63) is 0 Å². The zero-order valence-electron chi connectivity index (χ0n) is 10.5. The minimum atomic E-state index is -3.67. The first-order chi connectivity index (χ1) is 8.01. The average Bonchev–Trinajstić information content (AvgIpc) is 2.23. The van der Waals surface area contributed by atoms with E-state index in [1.54, 1.807) is 13.8 Å². The van der Waals surface area contributed by atoms with Crippen LogP contribution in [-0.4, -0.2) is 34.7 Å². The number of aliphatic carboxylic acids is 2. The Balaban J connectivity index is 4.58. The Bertz CT molecular complexity index is 369. The van der Waals surface area contributed by atoms with Gasteiger partial charge in [0, 0.05) is 30.6 Å². The Kier molecular flexibility index (Phi) is 5.99. The molecule has 7 nitrogen and oxygen atoms in total. The molecule has 0 aliphatic heterocycles. The summed E-state index contributed by atoms with van der Waals surface area (Å²) in [4.78, 5) is 30.7. The van der Waals surface area contributed by atoms with Crippen molar-refractivity contribution in [1.82, 2.24) is 0 Å². The highest BCUT2D eigenvalue weighted by atomic mass is 31.2. The Morgan fingerprint density at radius 2 is 1.83 bits per heavy atom. The van der Waals surface area contributed by atoms with Crippen molar-refractivity contribution in [3.8, 4) is 0 Å². The van der Waals surface area contributed by atoms with Crippen LogP contribution in [0.1, 0.15) is 26.7 Å². The molecule has 0 fully saturated rings. The summed E-state index contributed by atoms with van der Waals surface area (Å²) in [6, 6.07) is 0. The molecule has 8 heteroatoms. The molecule has 0 aromatic heterocycles. The monoisotopic (exact) mass is 280 g/mol. The molecular weight excluding hydrogens is 261 g/mol. The van der Waals surface area contributed by atoms with Gasteiger partial charge in [0.2, 0.25) is 7.37 Å². The summed E-state index contributed by atoms with van der Waals surface area (Å²) >= 11 is 0. The highest BCUT2D eigenvalue weighted by Gasteiger charge is 2.37. The Morgan fingerprint density at radius 1 is 1.33 bits per heavy atom. The topological polar surface area (TPSA) is 145 Å². The van der Waals surface area contributed by atoms with Crippen molar-refractivity contribution in [2.75, 3.05) is 12.3 Å². The number of rotatable bonds is 8.